The summed E-state index contributed by atoms with van der Waals surface area (Å²) >= 11 is 5.97. The molecule has 0 spiro atoms. The fourth-order valence-electron chi connectivity index (χ4n) is 2.44. The van der Waals surface area contributed by atoms with Gasteiger partial charge in [-0.2, -0.15) is 0 Å². The van der Waals surface area contributed by atoms with Crippen molar-refractivity contribution >= 4 is 29.9 Å². The molecule has 124 valence electrons. The van der Waals surface area contributed by atoms with Crippen molar-refractivity contribution in [2.45, 2.75) is 32.8 Å². The molecule has 0 aromatic heterocycles. The van der Waals surface area contributed by atoms with Crippen LogP contribution in [0.15, 0.2) is 18.2 Å². The number of carbonyl (C=O) groups is 1. The largest absolute Gasteiger partial charge is 0.481 e. The first-order valence-electron chi connectivity index (χ1n) is 7.47. The van der Waals surface area contributed by atoms with Crippen LogP contribution >= 0.6 is 24.0 Å². The molecule has 1 saturated heterocycles. The Morgan fingerprint density at radius 3 is 2.95 bits per heavy atom. The Hall–Kier alpha value is -0.970. The lowest BCUT2D eigenvalue weighted by molar-refractivity contribution is -0.127. The number of nitrogens with one attached hydrogen (secondary N) is 2. The van der Waals surface area contributed by atoms with Gasteiger partial charge in [0.1, 0.15) is 5.75 Å². The third kappa shape index (κ3) is 5.67. The number of ether oxygens (including phenoxy) is 1. The van der Waals surface area contributed by atoms with E-state index in [1.165, 1.54) is 12.8 Å². The number of amides is 1. The average molecular weight is 347 g/mol. The van der Waals surface area contributed by atoms with Crippen molar-refractivity contribution in [3.63, 3.8) is 0 Å². The molecule has 1 amide bonds. The molecule has 4 nitrogen and oxygen atoms in total. The molecule has 1 heterocycles. The molecule has 1 aliphatic heterocycles. The number of benzene rings is 1. The Morgan fingerprint density at radius 1 is 1.55 bits per heavy atom. The normalized spacial score (nSPS) is 19.0. The van der Waals surface area contributed by atoms with E-state index in [4.69, 9.17) is 16.3 Å². The first-order valence-corrected chi connectivity index (χ1v) is 7.85. The summed E-state index contributed by atoms with van der Waals surface area (Å²) in [5.74, 6) is 1.11. The van der Waals surface area contributed by atoms with Crippen molar-refractivity contribution in [3.8, 4) is 5.75 Å². The maximum absolute atomic E-state index is 12.1. The average Bonchev–Trinajstić information content (AvgIpc) is 2.49. The summed E-state index contributed by atoms with van der Waals surface area (Å²) < 4.78 is 5.67. The van der Waals surface area contributed by atoms with Gasteiger partial charge in [-0.15, -0.1) is 12.4 Å². The molecule has 1 fully saturated rings. The number of halogens is 2. The highest BCUT2D eigenvalue weighted by Gasteiger charge is 2.18. The van der Waals surface area contributed by atoms with Crippen LogP contribution in [-0.2, 0) is 4.79 Å². The summed E-state index contributed by atoms with van der Waals surface area (Å²) in [6.45, 7) is 6.44. The number of hydrogen-bond donors (Lipinski definition) is 2. The smallest absolute Gasteiger partial charge is 0.260 e. The summed E-state index contributed by atoms with van der Waals surface area (Å²) in [5, 5.41) is 7.01. The second-order valence-electron chi connectivity index (χ2n) is 5.63. The van der Waals surface area contributed by atoms with Crippen molar-refractivity contribution in [2.75, 3.05) is 19.6 Å². The number of carbonyl (C=O) groups excluding carboxylic acids is 1. The predicted octanol–water partition coefficient (Wildman–Crippen LogP) is 2.95. The van der Waals surface area contributed by atoms with Crippen LogP contribution in [0.2, 0.25) is 5.02 Å². The standard InChI is InChI=1S/C16H23ClN2O2.ClH/c1-11-8-14(5-6-15(11)17)21-12(2)16(20)19-10-13-4-3-7-18-9-13;/h5-6,8,12-13,18H,3-4,7,9-10H2,1-2H3,(H,19,20);1H. The van der Waals surface area contributed by atoms with E-state index in [9.17, 15) is 4.79 Å². The number of rotatable bonds is 5. The van der Waals surface area contributed by atoms with E-state index in [-0.39, 0.29) is 18.3 Å². The molecule has 0 radical (unpaired) electrons. The molecule has 0 saturated carbocycles. The predicted molar refractivity (Wildman–Crippen MR) is 92.1 cm³/mol. The lowest BCUT2D eigenvalue weighted by atomic mass is 10.00. The molecule has 0 bridgehead atoms. The van der Waals surface area contributed by atoms with Crippen LogP contribution in [0.4, 0.5) is 0 Å². The van der Waals surface area contributed by atoms with Crippen LogP contribution < -0.4 is 15.4 Å². The maximum atomic E-state index is 12.1. The van der Waals surface area contributed by atoms with Gasteiger partial charge in [0.25, 0.3) is 5.91 Å². The SMILES string of the molecule is Cc1cc(OC(C)C(=O)NCC2CCCNC2)ccc1Cl.Cl. The van der Waals surface area contributed by atoms with Gasteiger partial charge in [-0.05, 0) is 69.5 Å². The summed E-state index contributed by atoms with van der Waals surface area (Å²) in [5.41, 5.74) is 0.940. The van der Waals surface area contributed by atoms with Crippen LogP contribution in [0.25, 0.3) is 0 Å². The zero-order valence-corrected chi connectivity index (χ0v) is 14.6. The summed E-state index contributed by atoms with van der Waals surface area (Å²) in [7, 11) is 0. The highest BCUT2D eigenvalue weighted by molar-refractivity contribution is 6.31. The van der Waals surface area contributed by atoms with E-state index in [2.05, 4.69) is 10.6 Å². The molecule has 0 aliphatic carbocycles. The van der Waals surface area contributed by atoms with Crippen molar-refractivity contribution < 1.29 is 9.53 Å². The quantitative estimate of drug-likeness (QED) is 0.861. The first kappa shape index (κ1) is 19.1. The van der Waals surface area contributed by atoms with Crippen molar-refractivity contribution in [1.29, 1.82) is 0 Å². The number of piperidine rings is 1. The van der Waals surface area contributed by atoms with Gasteiger partial charge in [0.2, 0.25) is 0 Å². The van der Waals surface area contributed by atoms with E-state index in [1.807, 2.05) is 13.0 Å². The zero-order valence-electron chi connectivity index (χ0n) is 13.0. The molecule has 2 atom stereocenters. The third-order valence-corrected chi connectivity index (χ3v) is 4.20. The molecule has 2 N–H and O–H groups in total. The van der Waals surface area contributed by atoms with E-state index in [1.54, 1.807) is 19.1 Å². The molecule has 1 aromatic rings. The molecule has 6 heteroatoms. The number of aryl methyl sites for hydroxylation is 1. The fraction of sp³-hybridized carbons (Fsp3) is 0.562. The molecular formula is C16H24Cl2N2O2. The van der Waals surface area contributed by atoms with Crippen LogP contribution in [0.3, 0.4) is 0 Å². The zero-order chi connectivity index (χ0) is 15.2. The third-order valence-electron chi connectivity index (χ3n) is 3.78. The topological polar surface area (TPSA) is 50.4 Å². The summed E-state index contributed by atoms with van der Waals surface area (Å²) in [4.78, 5) is 12.1. The van der Waals surface area contributed by atoms with E-state index in [0.717, 1.165) is 18.7 Å². The van der Waals surface area contributed by atoms with E-state index in [0.29, 0.717) is 23.2 Å². The van der Waals surface area contributed by atoms with Gasteiger partial charge in [-0.1, -0.05) is 11.6 Å². The van der Waals surface area contributed by atoms with Crippen molar-refractivity contribution in [3.05, 3.63) is 28.8 Å². The van der Waals surface area contributed by atoms with Crippen molar-refractivity contribution in [1.82, 2.24) is 10.6 Å². The summed E-state index contributed by atoms with van der Waals surface area (Å²) in [6.07, 6.45) is 1.83. The summed E-state index contributed by atoms with van der Waals surface area (Å²) in [6, 6.07) is 5.41. The van der Waals surface area contributed by atoms with Crippen molar-refractivity contribution in [2.24, 2.45) is 5.92 Å². The Bertz CT molecular complexity index is 491. The first-order chi connectivity index (χ1) is 10.1. The Morgan fingerprint density at radius 2 is 2.32 bits per heavy atom. The molecule has 1 aromatic carbocycles. The molecular weight excluding hydrogens is 323 g/mol. The van der Waals surface area contributed by atoms with E-state index < -0.39 is 6.10 Å². The lowest BCUT2D eigenvalue weighted by Gasteiger charge is -2.23. The van der Waals surface area contributed by atoms with Crippen LogP contribution in [0, 0.1) is 12.8 Å². The second-order valence-corrected chi connectivity index (χ2v) is 6.04. The molecule has 22 heavy (non-hydrogen) atoms. The van der Waals surface area contributed by atoms with Gasteiger partial charge in [-0.25, -0.2) is 0 Å². The molecule has 1 aliphatic rings. The fourth-order valence-corrected chi connectivity index (χ4v) is 2.55. The lowest BCUT2D eigenvalue weighted by Crippen LogP contribution is -2.42. The minimum absolute atomic E-state index is 0. The second kappa shape index (κ2) is 9.23. The maximum Gasteiger partial charge on any atom is 0.260 e. The van der Waals surface area contributed by atoms with Gasteiger partial charge in [0, 0.05) is 11.6 Å². The highest BCUT2D eigenvalue weighted by atomic mass is 35.5. The number of hydrogen-bond acceptors (Lipinski definition) is 3. The van der Waals surface area contributed by atoms with Gasteiger partial charge in [0.15, 0.2) is 6.10 Å². The monoisotopic (exact) mass is 346 g/mol. The molecule has 2 unspecified atom stereocenters. The van der Waals surface area contributed by atoms with Gasteiger partial charge in [-0.3, -0.25) is 4.79 Å². The van der Waals surface area contributed by atoms with Crippen LogP contribution in [-0.4, -0.2) is 31.6 Å². The van der Waals surface area contributed by atoms with Gasteiger partial charge >= 0.3 is 0 Å². The minimum atomic E-state index is -0.512. The van der Waals surface area contributed by atoms with Crippen LogP contribution in [0.1, 0.15) is 25.3 Å². The van der Waals surface area contributed by atoms with Crippen LogP contribution in [0.5, 0.6) is 5.75 Å². The highest BCUT2D eigenvalue weighted by Crippen LogP contribution is 2.21. The van der Waals surface area contributed by atoms with Gasteiger partial charge in [0.05, 0.1) is 0 Å². The Kier molecular flexibility index (Phi) is 8.01. The van der Waals surface area contributed by atoms with Gasteiger partial charge < -0.3 is 15.4 Å². The molecule has 2 rings (SSSR count). The van der Waals surface area contributed by atoms with E-state index >= 15 is 0 Å². The Balaban J connectivity index is 0.00000242. The minimum Gasteiger partial charge on any atom is -0.481 e. The Labute approximate surface area is 143 Å².